The van der Waals surface area contributed by atoms with Crippen molar-refractivity contribution in [1.29, 1.82) is 0 Å². The van der Waals surface area contributed by atoms with Gasteiger partial charge in [0.2, 0.25) is 0 Å². The molecule has 2 aromatic heterocycles. The molecular formula is C38H32N3OOsPS+. The maximum absolute atomic E-state index is 5.93. The van der Waals surface area contributed by atoms with Crippen LogP contribution in [0.15, 0.2) is 144 Å². The second-order valence-corrected chi connectivity index (χ2v) is 14.9. The van der Waals surface area contributed by atoms with Crippen LogP contribution in [-0.4, -0.2) is 26.9 Å². The summed E-state index contributed by atoms with van der Waals surface area (Å²) in [6, 6.07) is 32.7. The summed E-state index contributed by atoms with van der Waals surface area (Å²) in [6.45, 7) is 5.26. The van der Waals surface area contributed by atoms with Crippen LogP contribution in [0, 0.1) is 4.37 Å². The number of benzene rings is 3. The standard InChI is InChI=1S/C38H32N3OPS.Os/c1-4-15-31-25-39-36(38-37(31)40-44-41-38)23-22-30(24-32-27-42-26-29(32)5-2)28(3)43(33-16-9-6-10-17-33,34-18-11-7-12-19-34)35-20-13-8-14-21-35;/h4-25H,26-27H2,1-2H3;/q+1;/b15-4+,23-22+,29-5?,30-28?,32-24?;. The van der Waals surface area contributed by atoms with Gasteiger partial charge in [0, 0.05) is 0 Å². The first-order chi connectivity index (χ1) is 22.2. The van der Waals surface area contributed by atoms with Gasteiger partial charge in [-0.2, -0.15) is 0 Å². The minimum absolute atomic E-state index is 0.570. The SMILES string of the molecule is CC=C1COCC1=CC(/C=C/c1ncc(/C=C/C)c2nsnc12)=C([C]#[Os])[P+](c1ccccc1)(c1ccccc1)c1ccccc1. The zero-order chi connectivity index (χ0) is 31.1. The van der Waals surface area contributed by atoms with E-state index in [1.165, 1.54) is 38.8 Å². The van der Waals surface area contributed by atoms with Gasteiger partial charge in [0.25, 0.3) is 0 Å². The van der Waals surface area contributed by atoms with E-state index in [1.807, 2.05) is 25.3 Å². The van der Waals surface area contributed by atoms with Crippen molar-refractivity contribution < 1.29 is 22.7 Å². The van der Waals surface area contributed by atoms with Crippen LogP contribution in [0.4, 0.5) is 0 Å². The molecule has 5 aromatic rings. The van der Waals surface area contributed by atoms with E-state index in [0.29, 0.717) is 13.2 Å². The molecule has 0 saturated carbocycles. The third-order valence-electron chi connectivity index (χ3n) is 7.84. The van der Waals surface area contributed by atoms with Crippen LogP contribution in [0.3, 0.4) is 0 Å². The molecule has 0 atom stereocenters. The summed E-state index contributed by atoms with van der Waals surface area (Å²) >= 11 is 3.00. The third-order valence-corrected chi connectivity index (χ3v) is 13.8. The Morgan fingerprint density at radius 2 is 1.38 bits per heavy atom. The quantitative estimate of drug-likeness (QED) is 0.119. The molecule has 1 aliphatic heterocycles. The van der Waals surface area contributed by atoms with Crippen molar-refractivity contribution in [2.24, 2.45) is 0 Å². The Morgan fingerprint density at radius 1 is 0.800 bits per heavy atom. The molecule has 0 bridgehead atoms. The van der Waals surface area contributed by atoms with E-state index in [1.54, 1.807) is 17.9 Å². The molecule has 0 aliphatic carbocycles. The van der Waals surface area contributed by atoms with Crippen LogP contribution >= 0.6 is 19.0 Å². The number of hydrogen-bond acceptors (Lipinski definition) is 5. The van der Waals surface area contributed by atoms with Gasteiger partial charge >= 0.3 is 281 Å². The molecule has 1 fully saturated rings. The molecule has 223 valence electrons. The molecule has 0 unspecified atom stereocenters. The first kappa shape index (κ1) is 31.1. The number of rotatable bonds is 8. The van der Waals surface area contributed by atoms with E-state index in [9.17, 15) is 0 Å². The van der Waals surface area contributed by atoms with Gasteiger partial charge in [-0.1, -0.05) is 0 Å². The van der Waals surface area contributed by atoms with Gasteiger partial charge in [-0.3, -0.25) is 0 Å². The molecule has 1 saturated heterocycles. The van der Waals surface area contributed by atoms with Gasteiger partial charge in [0.1, 0.15) is 0 Å². The first-order valence-corrected chi connectivity index (χ1v) is 18.5. The summed E-state index contributed by atoms with van der Waals surface area (Å²) in [5.74, 6) is 0. The molecule has 1 aliphatic rings. The zero-order valence-electron chi connectivity index (χ0n) is 25.1. The molecule has 3 heterocycles. The fourth-order valence-electron chi connectivity index (χ4n) is 5.74. The van der Waals surface area contributed by atoms with Crippen LogP contribution in [-0.2, 0) is 22.7 Å². The Labute approximate surface area is 279 Å². The normalized spacial score (nSPS) is 16.2. The fourth-order valence-corrected chi connectivity index (χ4v) is 12.1. The van der Waals surface area contributed by atoms with E-state index in [0.717, 1.165) is 33.2 Å². The third kappa shape index (κ3) is 6.19. The topological polar surface area (TPSA) is 47.9 Å². The molecule has 0 spiro atoms. The van der Waals surface area contributed by atoms with Crippen LogP contribution in [0.2, 0.25) is 0 Å². The average Bonchev–Trinajstić information content (AvgIpc) is 3.78. The van der Waals surface area contributed by atoms with Gasteiger partial charge in [-0.15, -0.1) is 0 Å². The van der Waals surface area contributed by atoms with Crippen molar-refractivity contribution in [3.63, 3.8) is 0 Å². The summed E-state index contributed by atoms with van der Waals surface area (Å²) in [7, 11) is -2.41. The van der Waals surface area contributed by atoms with E-state index >= 15 is 0 Å². The van der Waals surface area contributed by atoms with Gasteiger partial charge in [0.15, 0.2) is 0 Å². The monoisotopic (exact) mass is 801 g/mol. The Balaban J connectivity index is 1.69. The van der Waals surface area contributed by atoms with Gasteiger partial charge in [-0.25, -0.2) is 0 Å². The summed E-state index contributed by atoms with van der Waals surface area (Å²) in [6.07, 6.45) is 14.6. The van der Waals surface area contributed by atoms with Crippen LogP contribution in [0.25, 0.3) is 23.2 Å². The van der Waals surface area contributed by atoms with Gasteiger partial charge in [0.05, 0.1) is 0 Å². The van der Waals surface area contributed by atoms with Crippen molar-refractivity contribution >= 4 is 58.1 Å². The Morgan fingerprint density at radius 3 is 1.93 bits per heavy atom. The maximum atomic E-state index is 5.93. The number of ether oxygens (including phenoxy) is 1. The van der Waals surface area contributed by atoms with Crippen molar-refractivity contribution in [2.75, 3.05) is 13.2 Å². The fraction of sp³-hybridized carbons (Fsp3) is 0.105. The average molecular weight is 800 g/mol. The number of allylic oxidation sites excluding steroid dienone is 6. The van der Waals surface area contributed by atoms with Gasteiger partial charge < -0.3 is 0 Å². The number of nitrogens with zero attached hydrogens (tertiary/aromatic N) is 3. The first-order valence-electron chi connectivity index (χ1n) is 14.7. The second kappa shape index (κ2) is 14.5. The minimum atomic E-state index is -2.41. The molecular weight excluding hydrogens is 768 g/mol. The van der Waals surface area contributed by atoms with Crippen LogP contribution in [0.5, 0.6) is 0 Å². The predicted molar refractivity (Wildman–Crippen MR) is 188 cm³/mol. The molecule has 4 nitrogen and oxygen atoms in total. The summed E-state index contributed by atoms with van der Waals surface area (Å²) in [5.41, 5.74) is 6.89. The Bertz CT molecular complexity index is 1910. The van der Waals surface area contributed by atoms with Crippen molar-refractivity contribution in [3.8, 4) is 4.37 Å². The zero-order valence-corrected chi connectivity index (χ0v) is 29.3. The second-order valence-electron chi connectivity index (χ2n) is 10.4. The van der Waals surface area contributed by atoms with E-state index < -0.39 is 7.26 Å². The molecule has 6 rings (SSSR count). The number of pyridine rings is 1. The van der Waals surface area contributed by atoms with Crippen molar-refractivity contribution in [3.05, 3.63) is 155 Å². The van der Waals surface area contributed by atoms with Crippen molar-refractivity contribution in [2.45, 2.75) is 13.8 Å². The van der Waals surface area contributed by atoms with E-state index in [4.69, 9.17) is 9.72 Å². The number of fused-ring (bicyclic) bond motifs is 1. The Hall–Kier alpha value is -3.86. The molecule has 0 radical (unpaired) electrons. The Kier molecular flexibility index (Phi) is 10.0. The molecule has 7 heteroatoms. The summed E-state index contributed by atoms with van der Waals surface area (Å²) in [5, 5.41) is 4.98. The van der Waals surface area contributed by atoms with Gasteiger partial charge in [-0.05, 0) is 0 Å². The summed E-state index contributed by atoms with van der Waals surface area (Å²) in [4.78, 5) is 4.83. The molecule has 3 aromatic carbocycles. The summed E-state index contributed by atoms with van der Waals surface area (Å²) < 4.78 is 18.9. The molecule has 0 N–H and O–H groups in total. The van der Waals surface area contributed by atoms with E-state index in [2.05, 4.69) is 135 Å². The van der Waals surface area contributed by atoms with E-state index in [-0.39, 0.29) is 0 Å². The van der Waals surface area contributed by atoms with Crippen LogP contribution < -0.4 is 15.9 Å². The molecule has 0 amide bonds. The van der Waals surface area contributed by atoms with Crippen LogP contribution in [0.1, 0.15) is 25.1 Å². The molecule has 45 heavy (non-hydrogen) atoms. The van der Waals surface area contributed by atoms with Crippen molar-refractivity contribution in [1.82, 2.24) is 13.7 Å². The number of hydrogen-bond donors (Lipinski definition) is 0. The predicted octanol–water partition coefficient (Wildman–Crippen LogP) is 7.79. The number of aromatic nitrogens is 3.